The first-order chi connectivity index (χ1) is 11.7. The highest BCUT2D eigenvalue weighted by molar-refractivity contribution is 6.21. The Kier molecular flexibility index (Phi) is 3.34. The maximum absolute atomic E-state index is 12.3. The molecule has 8 heteroatoms. The van der Waals surface area contributed by atoms with E-state index < -0.39 is 0 Å². The number of hydrogen-bond acceptors (Lipinski definition) is 6. The number of fused-ring (bicyclic) bond motifs is 1. The molecule has 0 saturated heterocycles. The van der Waals surface area contributed by atoms with Gasteiger partial charge in [0.05, 0.1) is 17.3 Å². The van der Waals surface area contributed by atoms with Crippen molar-refractivity contribution in [3.63, 3.8) is 0 Å². The highest BCUT2D eigenvalue weighted by atomic mass is 16.2. The van der Waals surface area contributed by atoms with E-state index in [1.165, 1.54) is 4.90 Å². The molecule has 0 spiro atoms. The monoisotopic (exact) mass is 320 g/mol. The largest absolute Gasteiger partial charge is 0.274 e. The zero-order valence-electron chi connectivity index (χ0n) is 12.5. The lowest BCUT2D eigenvalue weighted by molar-refractivity contribution is 0.0655. The third-order valence-electron chi connectivity index (χ3n) is 3.77. The SMILES string of the molecule is O=C1c2ccccc2C(=O)N1CCc1nc(-c2cnccn2)n[nH]1. The molecule has 4 rings (SSSR count). The van der Waals surface area contributed by atoms with Crippen LogP contribution >= 0.6 is 0 Å². The maximum Gasteiger partial charge on any atom is 0.261 e. The summed E-state index contributed by atoms with van der Waals surface area (Å²) < 4.78 is 0. The Morgan fingerprint density at radius 3 is 2.46 bits per heavy atom. The second-order valence-electron chi connectivity index (χ2n) is 5.25. The van der Waals surface area contributed by atoms with Gasteiger partial charge in [-0.15, -0.1) is 0 Å². The van der Waals surface area contributed by atoms with Gasteiger partial charge < -0.3 is 0 Å². The topological polar surface area (TPSA) is 105 Å². The molecule has 118 valence electrons. The molecule has 2 aromatic heterocycles. The van der Waals surface area contributed by atoms with Crippen LogP contribution < -0.4 is 0 Å². The van der Waals surface area contributed by atoms with Crippen LogP contribution in [-0.2, 0) is 6.42 Å². The van der Waals surface area contributed by atoms with E-state index >= 15 is 0 Å². The minimum absolute atomic E-state index is 0.238. The number of nitrogens with zero attached hydrogens (tertiary/aromatic N) is 5. The summed E-state index contributed by atoms with van der Waals surface area (Å²) in [6, 6.07) is 6.82. The number of benzene rings is 1. The van der Waals surface area contributed by atoms with Crippen molar-refractivity contribution < 1.29 is 9.59 Å². The number of hydrogen-bond donors (Lipinski definition) is 1. The summed E-state index contributed by atoms with van der Waals surface area (Å²) in [7, 11) is 0. The molecule has 0 fully saturated rings. The fourth-order valence-electron chi connectivity index (χ4n) is 2.60. The fourth-order valence-corrected chi connectivity index (χ4v) is 2.60. The van der Waals surface area contributed by atoms with Gasteiger partial charge in [0.15, 0.2) is 0 Å². The Morgan fingerprint density at radius 1 is 1.04 bits per heavy atom. The molecular weight excluding hydrogens is 308 g/mol. The third kappa shape index (κ3) is 2.34. The number of amides is 2. The molecule has 2 amide bonds. The molecule has 0 radical (unpaired) electrons. The standard InChI is InChI=1S/C16H12N6O2/c23-15-10-3-1-2-4-11(10)16(24)22(15)8-5-13-19-14(21-20-13)12-9-17-6-7-18-12/h1-4,6-7,9H,5,8H2,(H,19,20,21). The lowest BCUT2D eigenvalue weighted by Crippen LogP contribution is -2.31. The molecule has 0 bridgehead atoms. The lowest BCUT2D eigenvalue weighted by Gasteiger charge is -2.12. The van der Waals surface area contributed by atoms with Crippen LogP contribution in [0.25, 0.3) is 11.5 Å². The van der Waals surface area contributed by atoms with Gasteiger partial charge in [0.25, 0.3) is 11.8 Å². The Bertz CT molecular complexity index is 886. The first-order valence-corrected chi connectivity index (χ1v) is 7.37. The van der Waals surface area contributed by atoms with Gasteiger partial charge in [-0.25, -0.2) is 9.97 Å². The zero-order chi connectivity index (χ0) is 16.5. The number of carbonyl (C=O) groups excluding carboxylic acids is 2. The molecule has 0 atom stereocenters. The molecular formula is C16H12N6O2. The third-order valence-corrected chi connectivity index (χ3v) is 3.77. The number of aromatic amines is 1. The molecule has 24 heavy (non-hydrogen) atoms. The fraction of sp³-hybridized carbons (Fsp3) is 0.125. The predicted octanol–water partition coefficient (Wildman–Crippen LogP) is 1.10. The number of carbonyl (C=O) groups is 2. The molecule has 1 aliphatic heterocycles. The number of nitrogens with one attached hydrogen (secondary N) is 1. The Hall–Kier alpha value is -3.42. The van der Waals surface area contributed by atoms with E-state index in [0.717, 1.165) is 0 Å². The van der Waals surface area contributed by atoms with E-state index in [4.69, 9.17) is 0 Å². The first-order valence-electron chi connectivity index (χ1n) is 7.37. The molecule has 1 N–H and O–H groups in total. The minimum Gasteiger partial charge on any atom is -0.274 e. The van der Waals surface area contributed by atoms with E-state index in [0.29, 0.717) is 34.9 Å². The van der Waals surface area contributed by atoms with Gasteiger partial charge in [0, 0.05) is 25.4 Å². The van der Waals surface area contributed by atoms with Gasteiger partial charge in [-0.05, 0) is 12.1 Å². The normalized spacial score (nSPS) is 13.4. The Balaban J connectivity index is 1.48. The van der Waals surface area contributed by atoms with Crippen LogP contribution in [0.2, 0.25) is 0 Å². The second kappa shape index (κ2) is 5.65. The number of rotatable bonds is 4. The minimum atomic E-state index is -0.274. The highest BCUT2D eigenvalue weighted by Gasteiger charge is 2.34. The summed E-state index contributed by atoms with van der Waals surface area (Å²) in [5.41, 5.74) is 1.45. The summed E-state index contributed by atoms with van der Waals surface area (Å²) in [5, 5.41) is 6.88. The van der Waals surface area contributed by atoms with E-state index in [2.05, 4.69) is 25.1 Å². The van der Waals surface area contributed by atoms with Crippen LogP contribution in [0.15, 0.2) is 42.9 Å². The van der Waals surface area contributed by atoms with Gasteiger partial charge in [0.2, 0.25) is 5.82 Å². The molecule has 1 aliphatic rings. The van der Waals surface area contributed by atoms with Crippen LogP contribution in [0.4, 0.5) is 0 Å². The smallest absolute Gasteiger partial charge is 0.261 e. The summed E-state index contributed by atoms with van der Waals surface area (Å²) in [6.07, 6.45) is 5.08. The maximum atomic E-state index is 12.3. The number of aromatic nitrogens is 5. The first kappa shape index (κ1) is 14.2. The van der Waals surface area contributed by atoms with Crippen LogP contribution in [-0.4, -0.2) is 48.4 Å². The van der Waals surface area contributed by atoms with Crippen molar-refractivity contribution in [1.29, 1.82) is 0 Å². The van der Waals surface area contributed by atoms with Crippen LogP contribution in [0, 0.1) is 0 Å². The van der Waals surface area contributed by atoms with Crippen molar-refractivity contribution >= 4 is 11.8 Å². The average Bonchev–Trinajstić information content (AvgIpc) is 3.19. The van der Waals surface area contributed by atoms with Crippen molar-refractivity contribution in [2.45, 2.75) is 6.42 Å². The number of imide groups is 1. The molecule has 3 heterocycles. The van der Waals surface area contributed by atoms with Gasteiger partial charge in [-0.3, -0.25) is 24.6 Å². The van der Waals surface area contributed by atoms with Crippen LogP contribution in [0.5, 0.6) is 0 Å². The molecule has 0 saturated carbocycles. The van der Waals surface area contributed by atoms with Crippen molar-refractivity contribution in [2.24, 2.45) is 0 Å². The van der Waals surface area contributed by atoms with Crippen LogP contribution in [0.3, 0.4) is 0 Å². The predicted molar refractivity (Wildman–Crippen MR) is 82.9 cm³/mol. The summed E-state index contributed by atoms with van der Waals surface area (Å²) in [5.74, 6) is 0.459. The van der Waals surface area contributed by atoms with Gasteiger partial charge in [-0.2, -0.15) is 5.10 Å². The summed E-state index contributed by atoms with van der Waals surface area (Å²) in [6.45, 7) is 0.238. The lowest BCUT2D eigenvalue weighted by atomic mass is 10.1. The molecule has 1 aromatic carbocycles. The van der Waals surface area contributed by atoms with E-state index in [1.807, 2.05) is 0 Å². The second-order valence-corrected chi connectivity index (χ2v) is 5.25. The summed E-state index contributed by atoms with van der Waals surface area (Å²) >= 11 is 0. The van der Waals surface area contributed by atoms with E-state index in [9.17, 15) is 9.59 Å². The molecule has 3 aromatic rings. The van der Waals surface area contributed by atoms with E-state index in [1.54, 1.807) is 42.9 Å². The van der Waals surface area contributed by atoms with Crippen molar-refractivity contribution in [3.05, 3.63) is 59.8 Å². The van der Waals surface area contributed by atoms with Gasteiger partial charge >= 0.3 is 0 Å². The quantitative estimate of drug-likeness (QED) is 0.722. The van der Waals surface area contributed by atoms with Crippen molar-refractivity contribution in [1.82, 2.24) is 30.0 Å². The molecule has 8 nitrogen and oxygen atoms in total. The number of H-pyrrole nitrogens is 1. The zero-order valence-corrected chi connectivity index (χ0v) is 12.5. The Morgan fingerprint density at radius 2 is 1.79 bits per heavy atom. The van der Waals surface area contributed by atoms with Gasteiger partial charge in [-0.1, -0.05) is 12.1 Å². The van der Waals surface area contributed by atoms with Crippen LogP contribution in [0.1, 0.15) is 26.5 Å². The Labute approximate surface area is 136 Å². The van der Waals surface area contributed by atoms with Crippen molar-refractivity contribution in [2.75, 3.05) is 6.54 Å². The van der Waals surface area contributed by atoms with Crippen molar-refractivity contribution in [3.8, 4) is 11.5 Å². The van der Waals surface area contributed by atoms with E-state index in [-0.39, 0.29) is 18.4 Å². The molecule has 0 aliphatic carbocycles. The van der Waals surface area contributed by atoms with Gasteiger partial charge in [0.1, 0.15) is 11.5 Å². The molecule has 0 unspecified atom stereocenters. The highest BCUT2D eigenvalue weighted by Crippen LogP contribution is 2.22. The summed E-state index contributed by atoms with van der Waals surface area (Å²) in [4.78, 5) is 38.2. The average molecular weight is 320 g/mol.